The van der Waals surface area contributed by atoms with Crippen LogP contribution in [0, 0.1) is 0 Å². The topological polar surface area (TPSA) is 77.0 Å². The van der Waals surface area contributed by atoms with E-state index in [-0.39, 0.29) is 6.54 Å². The summed E-state index contributed by atoms with van der Waals surface area (Å²) in [5.41, 5.74) is 0.587. The zero-order chi connectivity index (χ0) is 21.7. The average molecular weight is 430 g/mol. The molecule has 2 aromatic carbocycles. The predicted molar refractivity (Wildman–Crippen MR) is 116 cm³/mol. The average Bonchev–Trinajstić information content (AvgIpc) is 3.15. The van der Waals surface area contributed by atoms with Crippen molar-refractivity contribution in [3.63, 3.8) is 0 Å². The largest absolute Gasteiger partial charge is 0.496 e. The van der Waals surface area contributed by atoms with E-state index < -0.39 is 30.0 Å². The van der Waals surface area contributed by atoms with Crippen molar-refractivity contribution in [1.29, 1.82) is 0 Å². The van der Waals surface area contributed by atoms with Crippen molar-refractivity contribution < 1.29 is 23.9 Å². The van der Waals surface area contributed by atoms with E-state index in [0.29, 0.717) is 17.2 Å². The molecule has 8 heteroatoms. The predicted octanol–water partition coefficient (Wildman–Crippen LogP) is 3.74. The van der Waals surface area contributed by atoms with Gasteiger partial charge in [0.15, 0.2) is 5.60 Å². The van der Waals surface area contributed by atoms with Crippen LogP contribution in [0.3, 0.4) is 0 Å². The fraction of sp³-hybridized carbons (Fsp3) is 0.409. The van der Waals surface area contributed by atoms with Gasteiger partial charge in [-0.2, -0.15) is 0 Å². The molecule has 4 rings (SSSR count). The molecule has 0 unspecified atom stereocenters. The smallest absolute Gasteiger partial charge is 0.480 e. The van der Waals surface area contributed by atoms with Crippen molar-refractivity contribution >= 4 is 30.3 Å². The number of hydrogen-bond acceptors (Lipinski definition) is 4. The van der Waals surface area contributed by atoms with Crippen LogP contribution in [0.2, 0.25) is 5.02 Å². The van der Waals surface area contributed by atoms with E-state index in [4.69, 9.17) is 25.6 Å². The molecule has 2 aliphatic rings. The van der Waals surface area contributed by atoms with Crippen molar-refractivity contribution in [2.45, 2.75) is 50.9 Å². The molecule has 0 spiro atoms. The van der Waals surface area contributed by atoms with Crippen LogP contribution in [0.25, 0.3) is 0 Å². The first-order valence-corrected chi connectivity index (χ1v) is 10.3. The van der Waals surface area contributed by atoms with E-state index in [2.05, 4.69) is 5.32 Å². The number of halogens is 1. The fourth-order valence-corrected chi connectivity index (χ4v) is 4.23. The van der Waals surface area contributed by atoms with Gasteiger partial charge >= 0.3 is 13.2 Å². The Labute approximate surface area is 181 Å². The Kier molecular flexibility index (Phi) is 5.04. The number of ether oxygens (including phenoxy) is 1. The zero-order valence-corrected chi connectivity index (χ0v) is 18.2. The first-order valence-electron chi connectivity index (χ1n) is 9.93. The highest BCUT2D eigenvalue weighted by molar-refractivity contribution is 6.66. The summed E-state index contributed by atoms with van der Waals surface area (Å²) in [5.74, 6) is 0.653. The summed E-state index contributed by atoms with van der Waals surface area (Å²) in [5, 5.41) is 12.2. The lowest BCUT2D eigenvalue weighted by Gasteiger charge is -2.32. The number of rotatable bonds is 4. The number of fused-ring (bicyclic) bond motifs is 1. The van der Waals surface area contributed by atoms with Gasteiger partial charge < -0.3 is 24.5 Å². The number of hydrogen-bond donors (Lipinski definition) is 2. The molecule has 0 radical (unpaired) electrons. The van der Waals surface area contributed by atoms with Crippen molar-refractivity contribution in [2.24, 2.45) is 0 Å². The number of amides is 1. The number of carboxylic acid groups (broad SMARTS) is 1. The van der Waals surface area contributed by atoms with Gasteiger partial charge in [-0.15, -0.1) is 0 Å². The van der Waals surface area contributed by atoms with Crippen LogP contribution in [0.15, 0.2) is 42.5 Å². The van der Waals surface area contributed by atoms with E-state index in [1.165, 1.54) is 0 Å². The van der Waals surface area contributed by atoms with E-state index in [1.807, 2.05) is 64.1 Å². The Morgan fingerprint density at radius 3 is 2.33 bits per heavy atom. The molecule has 0 aromatic heterocycles. The zero-order valence-electron chi connectivity index (χ0n) is 17.5. The van der Waals surface area contributed by atoms with Crippen molar-refractivity contribution in [3.8, 4) is 5.75 Å². The van der Waals surface area contributed by atoms with Crippen LogP contribution in [0.1, 0.15) is 38.8 Å². The van der Waals surface area contributed by atoms with Crippen LogP contribution < -0.4 is 15.5 Å². The molecule has 0 bridgehead atoms. The normalized spacial score (nSPS) is 23.7. The summed E-state index contributed by atoms with van der Waals surface area (Å²) in [6.45, 7) is 8.07. The van der Waals surface area contributed by atoms with Gasteiger partial charge in [0.1, 0.15) is 5.75 Å². The van der Waals surface area contributed by atoms with E-state index in [0.717, 1.165) is 16.6 Å². The highest BCUT2D eigenvalue weighted by atomic mass is 35.5. The molecule has 2 heterocycles. The Balaban J connectivity index is 1.76. The molecule has 2 aromatic rings. The minimum Gasteiger partial charge on any atom is -0.480 e. The molecular weight excluding hydrogens is 405 g/mol. The second kappa shape index (κ2) is 7.19. The van der Waals surface area contributed by atoms with Gasteiger partial charge in [0, 0.05) is 16.9 Å². The van der Waals surface area contributed by atoms with Crippen LogP contribution in [0.5, 0.6) is 5.75 Å². The quantitative estimate of drug-likeness (QED) is 0.724. The maximum absolute atomic E-state index is 11.2. The molecule has 30 heavy (non-hydrogen) atoms. The van der Waals surface area contributed by atoms with Gasteiger partial charge in [-0.05, 0) is 51.0 Å². The number of carbonyl (C=O) groups is 1. The van der Waals surface area contributed by atoms with Gasteiger partial charge in [-0.1, -0.05) is 41.9 Å². The molecule has 1 saturated heterocycles. The maximum atomic E-state index is 11.2. The lowest BCUT2D eigenvalue weighted by atomic mass is 9.73. The van der Waals surface area contributed by atoms with Crippen LogP contribution >= 0.6 is 11.6 Å². The van der Waals surface area contributed by atoms with Crippen LogP contribution in [-0.2, 0) is 21.3 Å². The lowest BCUT2D eigenvalue weighted by Crippen LogP contribution is -2.44. The third kappa shape index (κ3) is 3.45. The Morgan fingerprint density at radius 2 is 1.73 bits per heavy atom. The van der Waals surface area contributed by atoms with Gasteiger partial charge in [0.05, 0.1) is 17.7 Å². The van der Waals surface area contributed by atoms with E-state index in [1.54, 1.807) is 6.07 Å². The van der Waals surface area contributed by atoms with E-state index in [9.17, 15) is 9.90 Å². The monoisotopic (exact) mass is 429 g/mol. The SMILES string of the molecule is CC1(C)OB(c2c(Cl)ccc3c2C[C@@](CNC(=O)O)(c2ccccc2)O3)OC1(C)C. The highest BCUT2D eigenvalue weighted by Gasteiger charge is 2.54. The van der Waals surface area contributed by atoms with Gasteiger partial charge in [-0.25, -0.2) is 4.79 Å². The third-order valence-corrected chi connectivity index (χ3v) is 6.67. The molecule has 1 amide bonds. The maximum Gasteiger partial charge on any atom is 0.496 e. The molecule has 2 aliphatic heterocycles. The Bertz CT molecular complexity index is 965. The Hall–Kier alpha value is -2.22. The van der Waals surface area contributed by atoms with Gasteiger partial charge in [-0.3, -0.25) is 0 Å². The summed E-state index contributed by atoms with van der Waals surface area (Å²) in [6.07, 6.45) is -0.666. The summed E-state index contributed by atoms with van der Waals surface area (Å²) >= 11 is 6.62. The molecule has 2 N–H and O–H groups in total. The molecule has 158 valence electrons. The first kappa shape index (κ1) is 21.0. The molecular formula is C22H25BClNO5. The molecule has 0 saturated carbocycles. The summed E-state index contributed by atoms with van der Waals surface area (Å²) in [7, 11) is -0.639. The van der Waals surface area contributed by atoms with Crippen molar-refractivity contribution in [1.82, 2.24) is 5.32 Å². The first-order chi connectivity index (χ1) is 14.0. The van der Waals surface area contributed by atoms with Crippen molar-refractivity contribution in [3.05, 3.63) is 58.6 Å². The highest BCUT2D eigenvalue weighted by Crippen LogP contribution is 2.44. The second-order valence-corrected chi connectivity index (χ2v) is 9.23. The summed E-state index contributed by atoms with van der Waals surface area (Å²) < 4.78 is 18.9. The lowest BCUT2D eigenvalue weighted by molar-refractivity contribution is 0.00578. The molecule has 1 atom stereocenters. The van der Waals surface area contributed by atoms with Crippen LogP contribution in [-0.4, -0.2) is 36.1 Å². The summed E-state index contributed by atoms with van der Waals surface area (Å²) in [6, 6.07) is 13.2. The molecule has 0 aliphatic carbocycles. The molecule has 1 fully saturated rings. The summed E-state index contributed by atoms with van der Waals surface area (Å²) in [4.78, 5) is 11.2. The Morgan fingerprint density at radius 1 is 1.10 bits per heavy atom. The van der Waals surface area contributed by atoms with E-state index >= 15 is 0 Å². The van der Waals surface area contributed by atoms with Gasteiger partial charge in [0.2, 0.25) is 0 Å². The number of nitrogens with one attached hydrogen (secondary N) is 1. The minimum absolute atomic E-state index is 0.0987. The van der Waals surface area contributed by atoms with Gasteiger partial charge in [0.25, 0.3) is 0 Å². The molecule has 6 nitrogen and oxygen atoms in total. The third-order valence-electron chi connectivity index (χ3n) is 6.34. The standard InChI is InChI=1S/C22H25BClNO5/c1-20(2)21(3,4)30-23(29-20)18-15-12-22(13-25-19(26)27,14-8-6-5-7-9-14)28-17(15)11-10-16(18)24/h5-11,25H,12-13H2,1-4H3,(H,26,27)/t22-/m1/s1. The fourth-order valence-electron chi connectivity index (χ4n) is 3.96. The van der Waals surface area contributed by atoms with Crippen LogP contribution in [0.4, 0.5) is 4.79 Å². The second-order valence-electron chi connectivity index (χ2n) is 8.82. The minimum atomic E-state index is -1.10. The number of benzene rings is 2. The van der Waals surface area contributed by atoms with Crippen molar-refractivity contribution in [2.75, 3.05) is 6.54 Å².